The summed E-state index contributed by atoms with van der Waals surface area (Å²) in [7, 11) is 0. The molecule has 2 fully saturated rings. The summed E-state index contributed by atoms with van der Waals surface area (Å²) >= 11 is 1.70. The van der Waals surface area contributed by atoms with E-state index >= 15 is 0 Å². The molecule has 1 atom stereocenters. The summed E-state index contributed by atoms with van der Waals surface area (Å²) in [6.07, 6.45) is 3.29. The zero-order valence-corrected chi connectivity index (χ0v) is 13.4. The number of hydrogen-bond acceptors (Lipinski definition) is 4. The first-order valence-electron chi connectivity index (χ1n) is 7.66. The average Bonchev–Trinajstić information content (AvgIpc) is 3.09. The van der Waals surface area contributed by atoms with Crippen molar-refractivity contribution in [1.29, 1.82) is 0 Å². The van der Waals surface area contributed by atoms with E-state index in [0.717, 1.165) is 44.8 Å². The van der Waals surface area contributed by atoms with Crippen molar-refractivity contribution in [3.8, 4) is 0 Å². The van der Waals surface area contributed by atoms with Crippen LogP contribution in [0.4, 0.5) is 0 Å². The average molecular weight is 305 g/mol. The Balaban J connectivity index is 1.56. The monoisotopic (exact) mass is 305 g/mol. The summed E-state index contributed by atoms with van der Waals surface area (Å²) in [6, 6.07) is 8.61. The molecule has 0 aliphatic carbocycles. The summed E-state index contributed by atoms with van der Waals surface area (Å²) in [5, 5.41) is 3.42. The van der Waals surface area contributed by atoms with Crippen LogP contribution in [0.5, 0.6) is 0 Å². The Kier molecular flexibility index (Phi) is 4.83. The molecule has 2 aliphatic rings. The van der Waals surface area contributed by atoms with Gasteiger partial charge < -0.3 is 10.2 Å². The van der Waals surface area contributed by atoms with E-state index in [4.69, 9.17) is 0 Å². The number of thioether (sulfide) groups is 1. The van der Waals surface area contributed by atoms with Crippen LogP contribution in [0.2, 0.25) is 0 Å². The van der Waals surface area contributed by atoms with E-state index in [2.05, 4.69) is 10.2 Å². The van der Waals surface area contributed by atoms with Gasteiger partial charge in [-0.2, -0.15) is 0 Å². The maximum absolute atomic E-state index is 12.5. The van der Waals surface area contributed by atoms with Gasteiger partial charge in [-0.05, 0) is 43.5 Å². The van der Waals surface area contributed by atoms with Crippen molar-refractivity contribution >= 4 is 17.7 Å². The zero-order chi connectivity index (χ0) is 14.7. The molecule has 0 saturated carbocycles. The Morgan fingerprint density at radius 2 is 1.90 bits per heavy atom. The maximum atomic E-state index is 12.5. The first-order chi connectivity index (χ1) is 10.3. The van der Waals surface area contributed by atoms with Gasteiger partial charge in [0.25, 0.3) is 5.91 Å². The number of piperazine rings is 1. The number of benzene rings is 1. The summed E-state index contributed by atoms with van der Waals surface area (Å²) in [5.74, 6) is 0.173. The Morgan fingerprint density at radius 1 is 1.19 bits per heavy atom. The lowest BCUT2D eigenvalue weighted by Gasteiger charge is -2.37. The van der Waals surface area contributed by atoms with E-state index in [1.807, 2.05) is 35.4 Å². The van der Waals surface area contributed by atoms with Crippen molar-refractivity contribution in [1.82, 2.24) is 15.1 Å². The predicted octanol–water partition coefficient (Wildman–Crippen LogP) is 1.53. The molecule has 2 heterocycles. The van der Waals surface area contributed by atoms with Crippen LogP contribution in [0.1, 0.15) is 16.8 Å². The van der Waals surface area contributed by atoms with Gasteiger partial charge >= 0.3 is 0 Å². The van der Waals surface area contributed by atoms with Crippen molar-refractivity contribution in [2.45, 2.75) is 17.4 Å². The Morgan fingerprint density at radius 3 is 2.48 bits per heavy atom. The third kappa shape index (κ3) is 3.42. The quantitative estimate of drug-likeness (QED) is 0.859. The van der Waals surface area contributed by atoms with Gasteiger partial charge in [0.05, 0.1) is 0 Å². The molecule has 0 unspecified atom stereocenters. The predicted molar refractivity (Wildman–Crippen MR) is 87.0 cm³/mol. The van der Waals surface area contributed by atoms with E-state index in [9.17, 15) is 4.79 Å². The molecule has 0 aromatic heterocycles. The largest absolute Gasteiger partial charge is 0.336 e. The van der Waals surface area contributed by atoms with Crippen molar-refractivity contribution < 1.29 is 4.79 Å². The molecule has 0 spiro atoms. The van der Waals surface area contributed by atoms with Gasteiger partial charge in [0, 0.05) is 49.2 Å². The number of rotatable bonds is 3. The minimum absolute atomic E-state index is 0.173. The zero-order valence-electron chi connectivity index (χ0n) is 12.5. The molecular formula is C16H23N3OS. The summed E-state index contributed by atoms with van der Waals surface area (Å²) in [5.41, 5.74) is 0.809. The summed E-state index contributed by atoms with van der Waals surface area (Å²) in [6.45, 7) is 5.93. The third-order valence-electron chi connectivity index (χ3n) is 4.49. The van der Waals surface area contributed by atoms with Crippen LogP contribution in [-0.4, -0.2) is 67.3 Å². The minimum atomic E-state index is 0.173. The lowest BCUT2D eigenvalue weighted by atomic mass is 10.1. The first-order valence-corrected chi connectivity index (χ1v) is 8.88. The fraction of sp³-hybridized carbons (Fsp3) is 0.562. The van der Waals surface area contributed by atoms with Gasteiger partial charge in [-0.15, -0.1) is 11.8 Å². The van der Waals surface area contributed by atoms with Crippen LogP contribution in [0.3, 0.4) is 0 Å². The molecule has 1 amide bonds. The van der Waals surface area contributed by atoms with Crippen LogP contribution in [0.25, 0.3) is 0 Å². The lowest BCUT2D eigenvalue weighted by Crippen LogP contribution is -2.52. The second kappa shape index (κ2) is 6.81. The van der Waals surface area contributed by atoms with E-state index in [1.54, 1.807) is 11.8 Å². The second-order valence-corrected chi connectivity index (χ2v) is 6.58. The first kappa shape index (κ1) is 14.9. The van der Waals surface area contributed by atoms with Gasteiger partial charge in [0.2, 0.25) is 0 Å². The molecule has 1 aromatic carbocycles. The van der Waals surface area contributed by atoms with Crippen LogP contribution in [0, 0.1) is 0 Å². The van der Waals surface area contributed by atoms with Gasteiger partial charge in [0.15, 0.2) is 0 Å². The van der Waals surface area contributed by atoms with E-state index in [-0.39, 0.29) is 5.91 Å². The van der Waals surface area contributed by atoms with E-state index < -0.39 is 0 Å². The fourth-order valence-corrected chi connectivity index (χ4v) is 3.57. The maximum Gasteiger partial charge on any atom is 0.253 e. The van der Waals surface area contributed by atoms with Crippen molar-refractivity contribution in [3.63, 3.8) is 0 Å². The van der Waals surface area contributed by atoms with Crippen molar-refractivity contribution in [2.24, 2.45) is 0 Å². The molecule has 21 heavy (non-hydrogen) atoms. The van der Waals surface area contributed by atoms with Crippen LogP contribution in [-0.2, 0) is 0 Å². The van der Waals surface area contributed by atoms with E-state index in [0.29, 0.717) is 6.04 Å². The Hall–Kier alpha value is -1.04. The summed E-state index contributed by atoms with van der Waals surface area (Å²) in [4.78, 5) is 18.2. The number of amides is 1. The van der Waals surface area contributed by atoms with Gasteiger partial charge in [-0.3, -0.25) is 9.69 Å². The molecule has 1 N–H and O–H groups in total. The lowest BCUT2D eigenvalue weighted by molar-refractivity contribution is 0.0584. The molecule has 0 radical (unpaired) electrons. The molecular weight excluding hydrogens is 282 g/mol. The minimum Gasteiger partial charge on any atom is -0.336 e. The fourth-order valence-electron chi connectivity index (χ4n) is 3.16. The molecule has 4 nitrogen and oxygen atoms in total. The standard InChI is InChI=1S/C16H23N3OS/c1-21-15-4-2-13(3-5-15)16(20)19-10-8-18(9-11-19)14-6-7-17-12-14/h2-5,14,17H,6-12H2,1H3/t14-/m1/s1. The molecule has 114 valence electrons. The molecule has 2 saturated heterocycles. The SMILES string of the molecule is CSc1ccc(C(=O)N2CCN([C@@H]3CCNC3)CC2)cc1. The highest BCUT2D eigenvalue weighted by molar-refractivity contribution is 7.98. The van der Waals surface area contributed by atoms with Gasteiger partial charge in [0.1, 0.15) is 0 Å². The molecule has 3 rings (SSSR count). The Bertz CT molecular complexity index is 477. The van der Waals surface area contributed by atoms with E-state index in [1.165, 1.54) is 11.3 Å². The number of carbonyl (C=O) groups excluding carboxylic acids is 1. The second-order valence-electron chi connectivity index (χ2n) is 5.70. The van der Waals surface area contributed by atoms with Crippen molar-refractivity contribution in [2.75, 3.05) is 45.5 Å². The van der Waals surface area contributed by atoms with Crippen LogP contribution in [0.15, 0.2) is 29.2 Å². The number of nitrogens with zero attached hydrogens (tertiary/aromatic N) is 2. The van der Waals surface area contributed by atoms with Crippen molar-refractivity contribution in [3.05, 3.63) is 29.8 Å². The van der Waals surface area contributed by atoms with Crippen LogP contribution >= 0.6 is 11.8 Å². The highest BCUT2D eigenvalue weighted by Crippen LogP contribution is 2.17. The Labute approximate surface area is 130 Å². The third-order valence-corrected chi connectivity index (χ3v) is 5.23. The number of hydrogen-bond donors (Lipinski definition) is 1. The smallest absolute Gasteiger partial charge is 0.253 e. The molecule has 2 aliphatic heterocycles. The molecule has 1 aromatic rings. The highest BCUT2D eigenvalue weighted by atomic mass is 32.2. The molecule has 5 heteroatoms. The number of carbonyl (C=O) groups is 1. The highest BCUT2D eigenvalue weighted by Gasteiger charge is 2.28. The summed E-state index contributed by atoms with van der Waals surface area (Å²) < 4.78 is 0. The van der Waals surface area contributed by atoms with Gasteiger partial charge in [-0.1, -0.05) is 0 Å². The van der Waals surface area contributed by atoms with Crippen LogP contribution < -0.4 is 5.32 Å². The number of nitrogens with one attached hydrogen (secondary N) is 1. The normalized spacial score (nSPS) is 23.5. The van der Waals surface area contributed by atoms with Gasteiger partial charge in [-0.25, -0.2) is 0 Å². The molecule has 0 bridgehead atoms. The topological polar surface area (TPSA) is 35.6 Å².